The van der Waals surface area contributed by atoms with E-state index in [1.807, 2.05) is 0 Å². The van der Waals surface area contributed by atoms with E-state index in [9.17, 15) is 35.1 Å². The summed E-state index contributed by atoms with van der Waals surface area (Å²) in [4.78, 5) is 27.1. The number of fused-ring (bicyclic) bond motifs is 4. The standard InChI is InChI=1S/C30H22O7/c1-12-6-16-23(15-4-3-5-19(32)25(15)29(36)26(16)20(33)8-12)24-17-7-13(2)9-21(34)27(17)30(37)28-18(24)10-14(31)11-22(28)35/h3-11,23-24,31-35H,1-2H3/t23-,24-/m1/s1. The summed E-state index contributed by atoms with van der Waals surface area (Å²) in [5.41, 5.74) is 3.07. The summed E-state index contributed by atoms with van der Waals surface area (Å²) >= 11 is 0. The first-order valence-electron chi connectivity index (χ1n) is 11.7. The molecule has 4 aromatic rings. The Morgan fingerprint density at radius 2 is 0.946 bits per heavy atom. The highest BCUT2D eigenvalue weighted by molar-refractivity contribution is 6.18. The van der Waals surface area contributed by atoms with Crippen molar-refractivity contribution in [3.63, 3.8) is 0 Å². The summed E-state index contributed by atoms with van der Waals surface area (Å²) in [6.07, 6.45) is 0. The quantitative estimate of drug-likeness (QED) is 0.254. The Bertz CT molecular complexity index is 1640. The Kier molecular flexibility index (Phi) is 4.66. The minimum atomic E-state index is -0.778. The molecule has 4 aromatic carbocycles. The van der Waals surface area contributed by atoms with Crippen molar-refractivity contribution in [3.05, 3.63) is 110 Å². The van der Waals surface area contributed by atoms with Crippen molar-refractivity contribution in [1.82, 2.24) is 0 Å². The van der Waals surface area contributed by atoms with Crippen molar-refractivity contribution in [2.24, 2.45) is 0 Å². The van der Waals surface area contributed by atoms with Gasteiger partial charge in [-0.25, -0.2) is 0 Å². The summed E-state index contributed by atoms with van der Waals surface area (Å²) in [6.45, 7) is 3.55. The van der Waals surface area contributed by atoms with Gasteiger partial charge in [-0.2, -0.15) is 0 Å². The zero-order valence-corrected chi connectivity index (χ0v) is 19.9. The summed E-state index contributed by atoms with van der Waals surface area (Å²) in [5.74, 6) is -4.07. The Labute approximate surface area is 211 Å². The van der Waals surface area contributed by atoms with Crippen molar-refractivity contribution in [3.8, 4) is 28.7 Å². The monoisotopic (exact) mass is 494 g/mol. The average Bonchev–Trinajstić information content (AvgIpc) is 2.79. The fraction of sp³-hybridized carbons (Fsp3) is 0.133. The molecular weight excluding hydrogens is 472 g/mol. The predicted molar refractivity (Wildman–Crippen MR) is 134 cm³/mol. The second-order valence-corrected chi connectivity index (χ2v) is 9.78. The van der Waals surface area contributed by atoms with Gasteiger partial charge in [0.1, 0.15) is 28.7 Å². The molecule has 0 heterocycles. The highest BCUT2D eigenvalue weighted by Crippen LogP contribution is 2.56. The Morgan fingerprint density at radius 3 is 1.49 bits per heavy atom. The second-order valence-electron chi connectivity index (χ2n) is 9.78. The van der Waals surface area contributed by atoms with Crippen LogP contribution in [-0.2, 0) is 0 Å². The minimum absolute atomic E-state index is 0.0149. The van der Waals surface area contributed by atoms with Crippen molar-refractivity contribution in [1.29, 1.82) is 0 Å². The van der Waals surface area contributed by atoms with Crippen LogP contribution in [0, 0.1) is 13.8 Å². The van der Waals surface area contributed by atoms with Crippen molar-refractivity contribution >= 4 is 11.6 Å². The molecule has 5 N–H and O–H groups in total. The molecule has 0 unspecified atom stereocenters. The van der Waals surface area contributed by atoms with Gasteiger partial charge >= 0.3 is 0 Å². The van der Waals surface area contributed by atoms with E-state index in [1.165, 1.54) is 24.3 Å². The molecule has 7 heteroatoms. The molecule has 0 amide bonds. The van der Waals surface area contributed by atoms with Crippen LogP contribution in [0.2, 0.25) is 0 Å². The molecule has 6 rings (SSSR count). The number of carbonyl (C=O) groups excluding carboxylic acids is 2. The fourth-order valence-electron chi connectivity index (χ4n) is 6.07. The van der Waals surface area contributed by atoms with Crippen LogP contribution in [-0.4, -0.2) is 37.1 Å². The summed E-state index contributed by atoms with van der Waals surface area (Å²) in [5, 5.41) is 53.7. The van der Waals surface area contributed by atoms with Crippen LogP contribution in [0.1, 0.15) is 77.1 Å². The lowest BCUT2D eigenvalue weighted by Gasteiger charge is -2.38. The van der Waals surface area contributed by atoms with Gasteiger partial charge in [-0.15, -0.1) is 0 Å². The van der Waals surface area contributed by atoms with Gasteiger partial charge in [0.25, 0.3) is 0 Å². The van der Waals surface area contributed by atoms with E-state index in [0.29, 0.717) is 33.4 Å². The van der Waals surface area contributed by atoms with E-state index in [1.54, 1.807) is 38.1 Å². The van der Waals surface area contributed by atoms with Gasteiger partial charge in [0.05, 0.1) is 22.3 Å². The van der Waals surface area contributed by atoms with Crippen molar-refractivity contribution in [2.45, 2.75) is 25.7 Å². The number of ketones is 2. The number of aromatic hydroxyl groups is 5. The van der Waals surface area contributed by atoms with Crippen molar-refractivity contribution in [2.75, 3.05) is 0 Å². The lowest BCUT2D eigenvalue weighted by atomic mass is 9.63. The van der Waals surface area contributed by atoms with Crippen molar-refractivity contribution < 1.29 is 35.1 Å². The first kappa shape index (κ1) is 22.7. The zero-order chi connectivity index (χ0) is 26.3. The highest BCUT2D eigenvalue weighted by atomic mass is 16.3. The van der Waals surface area contributed by atoms with Crippen LogP contribution < -0.4 is 0 Å². The van der Waals surface area contributed by atoms with E-state index < -0.39 is 29.2 Å². The molecule has 0 aromatic heterocycles. The normalized spacial score (nSPS) is 17.6. The van der Waals surface area contributed by atoms with Gasteiger partial charge in [0.15, 0.2) is 0 Å². The van der Waals surface area contributed by atoms with Crippen LogP contribution in [0.5, 0.6) is 28.7 Å². The largest absolute Gasteiger partial charge is 0.508 e. The van der Waals surface area contributed by atoms with E-state index in [-0.39, 0.29) is 45.3 Å². The highest BCUT2D eigenvalue weighted by Gasteiger charge is 2.45. The molecule has 0 fully saturated rings. The van der Waals surface area contributed by atoms with Gasteiger partial charge in [0.2, 0.25) is 11.6 Å². The maximum atomic E-state index is 13.6. The molecule has 2 atom stereocenters. The number of carbonyl (C=O) groups is 2. The Balaban J connectivity index is 1.79. The SMILES string of the molecule is Cc1cc(O)c2c(c1)[C@H]([C@@H]1c3cc(C)cc(O)c3C(=O)c3c(O)cc(O)cc31)c1cccc(O)c1C2=O. The fourth-order valence-corrected chi connectivity index (χ4v) is 6.07. The first-order chi connectivity index (χ1) is 17.6. The minimum Gasteiger partial charge on any atom is -0.508 e. The van der Waals surface area contributed by atoms with E-state index in [0.717, 1.165) is 6.07 Å². The molecule has 7 nitrogen and oxygen atoms in total. The third-order valence-electron chi connectivity index (χ3n) is 7.37. The number of benzene rings is 4. The van der Waals surface area contributed by atoms with Crippen LogP contribution in [0.3, 0.4) is 0 Å². The molecule has 0 radical (unpaired) electrons. The summed E-state index contributed by atoms with van der Waals surface area (Å²) in [6, 6.07) is 13.6. The number of rotatable bonds is 1. The molecule has 184 valence electrons. The van der Waals surface area contributed by atoms with Crippen LogP contribution in [0.25, 0.3) is 0 Å². The number of phenols is 5. The summed E-state index contributed by atoms with van der Waals surface area (Å²) < 4.78 is 0. The maximum Gasteiger partial charge on any atom is 0.201 e. The second kappa shape index (κ2) is 7.61. The molecule has 0 bridgehead atoms. The van der Waals surface area contributed by atoms with Gasteiger partial charge in [-0.3, -0.25) is 9.59 Å². The lowest BCUT2D eigenvalue weighted by molar-refractivity contribution is 0.101. The maximum absolute atomic E-state index is 13.6. The number of hydrogen-bond donors (Lipinski definition) is 5. The molecule has 0 saturated carbocycles. The van der Waals surface area contributed by atoms with E-state index >= 15 is 0 Å². The third kappa shape index (κ3) is 3.07. The first-order valence-corrected chi connectivity index (χ1v) is 11.7. The molecule has 0 saturated heterocycles. The number of phenolic OH excluding ortho intramolecular Hbond substituents is 5. The summed E-state index contributed by atoms with van der Waals surface area (Å²) in [7, 11) is 0. The van der Waals surface area contributed by atoms with Gasteiger partial charge in [0, 0.05) is 17.9 Å². The van der Waals surface area contributed by atoms with Gasteiger partial charge < -0.3 is 25.5 Å². The lowest BCUT2D eigenvalue weighted by Crippen LogP contribution is -2.29. The molecule has 37 heavy (non-hydrogen) atoms. The van der Waals surface area contributed by atoms with Gasteiger partial charge in [-0.1, -0.05) is 24.3 Å². The number of hydrogen-bond acceptors (Lipinski definition) is 7. The van der Waals surface area contributed by atoms with E-state index in [4.69, 9.17) is 0 Å². The van der Waals surface area contributed by atoms with Gasteiger partial charge in [-0.05, 0) is 71.5 Å². The smallest absolute Gasteiger partial charge is 0.201 e. The third-order valence-corrected chi connectivity index (χ3v) is 7.37. The average molecular weight is 494 g/mol. The molecule has 0 aliphatic heterocycles. The topological polar surface area (TPSA) is 135 Å². The molecule has 2 aliphatic carbocycles. The molecule has 2 aliphatic rings. The van der Waals surface area contributed by atoms with Crippen LogP contribution >= 0.6 is 0 Å². The predicted octanol–water partition coefficient (Wildman–Crippen LogP) is 4.88. The Morgan fingerprint density at radius 1 is 0.514 bits per heavy atom. The number of aryl methyl sites for hydroxylation is 2. The Hall–Kier alpha value is -4.78. The zero-order valence-electron chi connectivity index (χ0n) is 19.9. The van der Waals surface area contributed by atoms with E-state index in [2.05, 4.69) is 0 Å². The molecular formula is C30H22O7. The van der Waals surface area contributed by atoms with Crippen LogP contribution in [0.4, 0.5) is 0 Å². The molecule has 0 spiro atoms. The van der Waals surface area contributed by atoms with Crippen LogP contribution in [0.15, 0.2) is 54.6 Å².